The third kappa shape index (κ3) is 5.60. The SMILES string of the molecule is Cc1cccc(SC2CCN(C(=O)[C@@H]3CCC(=O)N(CC4CCCCC4)C3)CC2)c1. The number of carbonyl (C=O) groups excluding carboxylic acids is 2. The number of amides is 2. The minimum Gasteiger partial charge on any atom is -0.342 e. The van der Waals surface area contributed by atoms with Crippen LogP contribution in [0.4, 0.5) is 0 Å². The molecule has 4 nitrogen and oxygen atoms in total. The van der Waals surface area contributed by atoms with Gasteiger partial charge in [-0.05, 0) is 57.1 Å². The van der Waals surface area contributed by atoms with Gasteiger partial charge in [-0.3, -0.25) is 9.59 Å². The van der Waals surface area contributed by atoms with E-state index in [2.05, 4.69) is 36.1 Å². The van der Waals surface area contributed by atoms with Crippen molar-refractivity contribution < 1.29 is 9.59 Å². The average Bonchev–Trinajstić information content (AvgIpc) is 2.76. The molecule has 1 aromatic carbocycles. The van der Waals surface area contributed by atoms with Gasteiger partial charge in [0.05, 0.1) is 5.92 Å². The highest BCUT2D eigenvalue weighted by Crippen LogP contribution is 2.32. The fourth-order valence-electron chi connectivity index (χ4n) is 5.31. The highest BCUT2D eigenvalue weighted by atomic mass is 32.2. The zero-order valence-electron chi connectivity index (χ0n) is 18.4. The minimum atomic E-state index is 0.00673. The van der Waals surface area contributed by atoms with E-state index in [4.69, 9.17) is 0 Å². The van der Waals surface area contributed by atoms with E-state index >= 15 is 0 Å². The van der Waals surface area contributed by atoms with Gasteiger partial charge < -0.3 is 9.80 Å². The smallest absolute Gasteiger partial charge is 0.227 e. The Balaban J connectivity index is 1.26. The molecular weight excluding hydrogens is 392 g/mol. The van der Waals surface area contributed by atoms with Crippen LogP contribution in [-0.4, -0.2) is 53.0 Å². The summed E-state index contributed by atoms with van der Waals surface area (Å²) in [6, 6.07) is 8.70. The Morgan fingerprint density at radius 1 is 1.07 bits per heavy atom. The van der Waals surface area contributed by atoms with Gasteiger partial charge >= 0.3 is 0 Å². The molecule has 1 aromatic rings. The minimum absolute atomic E-state index is 0.00673. The Morgan fingerprint density at radius 2 is 1.83 bits per heavy atom. The van der Waals surface area contributed by atoms with Crippen molar-refractivity contribution in [2.45, 2.75) is 74.9 Å². The zero-order valence-corrected chi connectivity index (χ0v) is 19.2. The number of piperidine rings is 2. The van der Waals surface area contributed by atoms with Gasteiger partial charge in [0.15, 0.2) is 0 Å². The molecule has 2 amide bonds. The van der Waals surface area contributed by atoms with E-state index in [0.29, 0.717) is 24.1 Å². The lowest BCUT2D eigenvalue weighted by atomic mass is 9.87. The number of hydrogen-bond acceptors (Lipinski definition) is 3. The lowest BCUT2D eigenvalue weighted by Crippen LogP contribution is -2.50. The number of benzene rings is 1. The lowest BCUT2D eigenvalue weighted by Gasteiger charge is -2.39. The normalized spacial score (nSPS) is 24.3. The molecule has 3 fully saturated rings. The third-order valence-corrected chi connectivity index (χ3v) is 8.43. The Hall–Kier alpha value is -1.49. The van der Waals surface area contributed by atoms with E-state index in [1.165, 1.54) is 42.6 Å². The van der Waals surface area contributed by atoms with Crippen molar-refractivity contribution in [3.8, 4) is 0 Å². The van der Waals surface area contributed by atoms with Crippen molar-refractivity contribution in [1.29, 1.82) is 0 Å². The van der Waals surface area contributed by atoms with E-state index < -0.39 is 0 Å². The summed E-state index contributed by atoms with van der Waals surface area (Å²) in [5.41, 5.74) is 1.30. The maximum atomic E-state index is 13.2. The second-order valence-corrected chi connectivity index (χ2v) is 10.9. The summed E-state index contributed by atoms with van der Waals surface area (Å²) in [6.07, 6.45) is 9.81. The molecule has 5 heteroatoms. The van der Waals surface area contributed by atoms with Crippen molar-refractivity contribution >= 4 is 23.6 Å². The Labute approximate surface area is 185 Å². The summed E-state index contributed by atoms with van der Waals surface area (Å²) >= 11 is 1.96. The summed E-state index contributed by atoms with van der Waals surface area (Å²) in [7, 11) is 0. The summed E-state index contributed by atoms with van der Waals surface area (Å²) in [5, 5.41) is 0.589. The zero-order chi connectivity index (χ0) is 20.9. The topological polar surface area (TPSA) is 40.6 Å². The maximum absolute atomic E-state index is 13.2. The summed E-state index contributed by atoms with van der Waals surface area (Å²) in [5.74, 6) is 1.20. The van der Waals surface area contributed by atoms with Crippen LogP contribution in [0, 0.1) is 18.8 Å². The summed E-state index contributed by atoms with van der Waals surface area (Å²) in [4.78, 5) is 31.1. The van der Waals surface area contributed by atoms with Crippen LogP contribution in [0.3, 0.4) is 0 Å². The van der Waals surface area contributed by atoms with E-state index in [1.807, 2.05) is 16.7 Å². The van der Waals surface area contributed by atoms with E-state index in [1.54, 1.807) is 0 Å². The molecule has 1 saturated carbocycles. The van der Waals surface area contributed by atoms with Crippen molar-refractivity contribution in [2.24, 2.45) is 11.8 Å². The predicted octanol–water partition coefficient (Wildman–Crippen LogP) is 4.90. The second-order valence-electron chi connectivity index (χ2n) is 9.50. The molecule has 2 saturated heterocycles. The van der Waals surface area contributed by atoms with Crippen LogP contribution in [-0.2, 0) is 9.59 Å². The number of carbonyl (C=O) groups is 2. The van der Waals surface area contributed by atoms with Gasteiger partial charge in [0.2, 0.25) is 11.8 Å². The summed E-state index contributed by atoms with van der Waals surface area (Å²) in [6.45, 7) is 5.37. The van der Waals surface area contributed by atoms with Crippen LogP contribution >= 0.6 is 11.8 Å². The second kappa shape index (κ2) is 10.2. The average molecular weight is 429 g/mol. The van der Waals surface area contributed by atoms with E-state index in [9.17, 15) is 9.59 Å². The number of nitrogens with zero attached hydrogens (tertiary/aromatic N) is 2. The third-order valence-electron chi connectivity index (χ3n) is 7.10. The fraction of sp³-hybridized carbons (Fsp3) is 0.680. The van der Waals surface area contributed by atoms with E-state index in [-0.39, 0.29) is 17.7 Å². The lowest BCUT2D eigenvalue weighted by molar-refractivity contribution is -0.144. The molecule has 0 bridgehead atoms. The first-order chi connectivity index (χ1) is 14.6. The molecule has 0 unspecified atom stereocenters. The van der Waals surface area contributed by atoms with Crippen molar-refractivity contribution in [3.63, 3.8) is 0 Å². The predicted molar refractivity (Wildman–Crippen MR) is 123 cm³/mol. The monoisotopic (exact) mass is 428 g/mol. The molecular formula is C25H36N2O2S. The number of hydrogen-bond donors (Lipinski definition) is 0. The van der Waals surface area contributed by atoms with Crippen LogP contribution < -0.4 is 0 Å². The van der Waals surface area contributed by atoms with E-state index in [0.717, 1.165) is 38.9 Å². The molecule has 4 rings (SSSR count). The number of thioether (sulfide) groups is 1. The first kappa shape index (κ1) is 21.7. The van der Waals surface area contributed by atoms with Gasteiger partial charge in [-0.25, -0.2) is 0 Å². The van der Waals surface area contributed by atoms with Gasteiger partial charge in [-0.1, -0.05) is 37.0 Å². The molecule has 0 N–H and O–H groups in total. The first-order valence-electron chi connectivity index (χ1n) is 11.9. The number of rotatable bonds is 5. The quantitative estimate of drug-likeness (QED) is 0.670. The van der Waals surface area contributed by atoms with Crippen LogP contribution in [0.15, 0.2) is 29.2 Å². The standard InChI is InChI=1S/C25H36N2O2S/c1-19-6-5-9-23(16-19)30-22-12-14-26(15-13-22)25(29)21-10-11-24(28)27(18-21)17-20-7-3-2-4-8-20/h5-6,9,16,20-22H,2-4,7-8,10-15,17-18H2,1H3/t21-/m1/s1. The van der Waals surface area contributed by atoms with Gasteiger partial charge in [-0.2, -0.15) is 0 Å². The molecule has 2 heterocycles. The Bertz CT molecular complexity index is 738. The molecule has 0 radical (unpaired) electrons. The van der Waals surface area contributed by atoms with Gasteiger partial charge in [0, 0.05) is 42.7 Å². The highest BCUT2D eigenvalue weighted by Gasteiger charge is 2.35. The molecule has 1 aliphatic carbocycles. The van der Waals surface area contributed by atoms with Gasteiger partial charge in [0.25, 0.3) is 0 Å². The first-order valence-corrected chi connectivity index (χ1v) is 12.8. The van der Waals surface area contributed by atoms with Crippen LogP contribution in [0.5, 0.6) is 0 Å². The van der Waals surface area contributed by atoms with Crippen molar-refractivity contribution in [2.75, 3.05) is 26.2 Å². The summed E-state index contributed by atoms with van der Waals surface area (Å²) < 4.78 is 0. The molecule has 3 aliphatic rings. The van der Waals surface area contributed by atoms with Crippen molar-refractivity contribution in [1.82, 2.24) is 9.80 Å². The Morgan fingerprint density at radius 3 is 2.57 bits per heavy atom. The van der Waals surface area contributed by atoms with Gasteiger partial charge in [0.1, 0.15) is 0 Å². The molecule has 1 atom stereocenters. The maximum Gasteiger partial charge on any atom is 0.227 e. The van der Waals surface area contributed by atoms with Crippen LogP contribution in [0.1, 0.15) is 63.4 Å². The molecule has 0 spiro atoms. The number of likely N-dealkylation sites (tertiary alicyclic amines) is 2. The van der Waals surface area contributed by atoms with Crippen LogP contribution in [0.25, 0.3) is 0 Å². The molecule has 164 valence electrons. The highest BCUT2D eigenvalue weighted by molar-refractivity contribution is 8.00. The van der Waals surface area contributed by atoms with Crippen LogP contribution in [0.2, 0.25) is 0 Å². The van der Waals surface area contributed by atoms with Crippen molar-refractivity contribution in [3.05, 3.63) is 29.8 Å². The number of aryl methyl sites for hydroxylation is 1. The molecule has 30 heavy (non-hydrogen) atoms. The molecule has 0 aromatic heterocycles. The van der Waals surface area contributed by atoms with Gasteiger partial charge in [-0.15, -0.1) is 11.8 Å². The molecule has 2 aliphatic heterocycles. The Kier molecular flexibility index (Phi) is 7.40. The fourth-order valence-corrected chi connectivity index (χ4v) is 6.55. The largest absolute Gasteiger partial charge is 0.342 e.